The predicted molar refractivity (Wildman–Crippen MR) is 53.5 cm³/mol. The maximum absolute atomic E-state index is 12.6. The molecule has 84 valence electrons. The summed E-state index contributed by atoms with van der Waals surface area (Å²) in [6.45, 7) is 2.30. The first-order valence-corrected chi connectivity index (χ1v) is 4.63. The Kier molecular flexibility index (Phi) is 3.57. The van der Waals surface area contributed by atoms with E-state index >= 15 is 0 Å². The molecule has 0 unspecified atom stereocenters. The first-order chi connectivity index (χ1) is 6.99. The second-order valence-corrected chi connectivity index (χ2v) is 3.10. The van der Waals surface area contributed by atoms with Crippen molar-refractivity contribution in [2.45, 2.75) is 19.6 Å². The van der Waals surface area contributed by atoms with E-state index in [-0.39, 0.29) is 12.1 Å². The number of benzene rings is 1. The lowest BCUT2D eigenvalue weighted by Gasteiger charge is -2.13. The van der Waals surface area contributed by atoms with Gasteiger partial charge in [0.25, 0.3) is 0 Å². The summed E-state index contributed by atoms with van der Waals surface area (Å²) in [7, 11) is 0. The van der Waals surface area contributed by atoms with E-state index in [9.17, 15) is 13.2 Å². The van der Waals surface area contributed by atoms with Crippen molar-refractivity contribution in [1.82, 2.24) is 0 Å². The van der Waals surface area contributed by atoms with Gasteiger partial charge in [0.15, 0.2) is 0 Å². The highest BCUT2D eigenvalue weighted by atomic mass is 19.4. The van der Waals surface area contributed by atoms with Crippen molar-refractivity contribution in [3.05, 3.63) is 29.3 Å². The zero-order chi connectivity index (χ0) is 11.5. The Morgan fingerprint density at radius 1 is 1.33 bits per heavy atom. The minimum Gasteiger partial charge on any atom is -0.385 e. The summed E-state index contributed by atoms with van der Waals surface area (Å²) in [5, 5.41) is 2.83. The smallest absolute Gasteiger partial charge is 0.385 e. The Morgan fingerprint density at radius 2 is 2.00 bits per heavy atom. The summed E-state index contributed by atoms with van der Waals surface area (Å²) < 4.78 is 37.7. The van der Waals surface area contributed by atoms with Crippen LogP contribution in [0.1, 0.15) is 18.1 Å². The van der Waals surface area contributed by atoms with Crippen LogP contribution in [-0.2, 0) is 12.7 Å². The first kappa shape index (κ1) is 11.8. The molecule has 1 aromatic rings. The van der Waals surface area contributed by atoms with Crippen LogP contribution < -0.4 is 11.1 Å². The summed E-state index contributed by atoms with van der Waals surface area (Å²) in [6, 6.07) is 4.09. The van der Waals surface area contributed by atoms with Crippen molar-refractivity contribution >= 4 is 5.69 Å². The third kappa shape index (κ3) is 2.86. The Labute approximate surface area is 86.3 Å². The molecule has 0 spiro atoms. The largest absolute Gasteiger partial charge is 0.416 e. The number of nitrogens with two attached hydrogens (primary N) is 1. The lowest BCUT2D eigenvalue weighted by molar-refractivity contribution is -0.138. The molecule has 0 heterocycles. The molecule has 1 aromatic carbocycles. The molecule has 15 heavy (non-hydrogen) atoms. The Hall–Kier alpha value is -1.23. The number of hydrogen-bond acceptors (Lipinski definition) is 2. The zero-order valence-corrected chi connectivity index (χ0v) is 8.36. The highest BCUT2D eigenvalue weighted by Crippen LogP contribution is 2.33. The maximum atomic E-state index is 12.6. The minimum atomic E-state index is -4.35. The van der Waals surface area contributed by atoms with Gasteiger partial charge < -0.3 is 11.1 Å². The van der Waals surface area contributed by atoms with Gasteiger partial charge in [0.1, 0.15) is 0 Å². The number of nitrogens with one attached hydrogen (secondary N) is 1. The van der Waals surface area contributed by atoms with Crippen LogP contribution in [0.4, 0.5) is 18.9 Å². The average Bonchev–Trinajstić information content (AvgIpc) is 2.17. The molecule has 0 atom stereocenters. The molecule has 5 heteroatoms. The molecule has 0 aliphatic carbocycles. The molecule has 0 saturated carbocycles. The first-order valence-electron chi connectivity index (χ1n) is 4.63. The monoisotopic (exact) mass is 218 g/mol. The lowest BCUT2D eigenvalue weighted by atomic mass is 10.1. The van der Waals surface area contributed by atoms with Gasteiger partial charge in [-0.3, -0.25) is 0 Å². The van der Waals surface area contributed by atoms with Crippen LogP contribution in [-0.4, -0.2) is 6.54 Å². The van der Waals surface area contributed by atoms with Gasteiger partial charge in [0, 0.05) is 18.8 Å². The number of hydrogen-bond donors (Lipinski definition) is 2. The van der Waals surface area contributed by atoms with Crippen molar-refractivity contribution in [3.8, 4) is 0 Å². The fourth-order valence-corrected chi connectivity index (χ4v) is 1.33. The van der Waals surface area contributed by atoms with Crippen molar-refractivity contribution < 1.29 is 13.2 Å². The molecular weight excluding hydrogens is 205 g/mol. The SMILES string of the molecule is CCNc1ccc(CN)c(C(F)(F)F)c1. The van der Waals surface area contributed by atoms with Crippen LogP contribution in [0.25, 0.3) is 0 Å². The van der Waals surface area contributed by atoms with Crippen molar-refractivity contribution in [2.24, 2.45) is 5.73 Å². The summed E-state index contributed by atoms with van der Waals surface area (Å²) >= 11 is 0. The van der Waals surface area contributed by atoms with Gasteiger partial charge in [0.05, 0.1) is 5.56 Å². The van der Waals surface area contributed by atoms with E-state index in [0.717, 1.165) is 6.07 Å². The molecule has 0 aliphatic heterocycles. The van der Waals surface area contributed by atoms with E-state index in [0.29, 0.717) is 12.2 Å². The normalized spacial score (nSPS) is 11.5. The van der Waals surface area contributed by atoms with Gasteiger partial charge in [0.2, 0.25) is 0 Å². The van der Waals surface area contributed by atoms with Gasteiger partial charge in [-0.1, -0.05) is 6.07 Å². The maximum Gasteiger partial charge on any atom is 0.416 e. The fraction of sp³-hybridized carbons (Fsp3) is 0.400. The van der Waals surface area contributed by atoms with Crippen LogP contribution >= 0.6 is 0 Å². The van der Waals surface area contributed by atoms with Crippen molar-refractivity contribution in [2.75, 3.05) is 11.9 Å². The number of alkyl halides is 3. The lowest BCUT2D eigenvalue weighted by Crippen LogP contribution is -2.12. The third-order valence-electron chi connectivity index (χ3n) is 2.02. The molecule has 0 radical (unpaired) electrons. The summed E-state index contributed by atoms with van der Waals surface area (Å²) in [6.07, 6.45) is -4.35. The zero-order valence-electron chi connectivity index (χ0n) is 8.36. The molecule has 0 saturated heterocycles. The second-order valence-electron chi connectivity index (χ2n) is 3.10. The van der Waals surface area contributed by atoms with Gasteiger partial charge in [-0.2, -0.15) is 13.2 Å². The molecule has 1 rings (SSSR count). The van der Waals surface area contributed by atoms with E-state index in [4.69, 9.17) is 5.73 Å². The molecule has 0 aliphatic rings. The van der Waals surface area contributed by atoms with Crippen molar-refractivity contribution in [1.29, 1.82) is 0 Å². The molecule has 0 amide bonds. The van der Waals surface area contributed by atoms with Gasteiger partial charge in [-0.05, 0) is 24.6 Å². The molecule has 0 bridgehead atoms. The topological polar surface area (TPSA) is 38.0 Å². The molecule has 0 aromatic heterocycles. The molecule has 0 fully saturated rings. The Bertz CT molecular complexity index is 334. The third-order valence-corrected chi connectivity index (χ3v) is 2.02. The van der Waals surface area contributed by atoms with E-state index in [1.807, 2.05) is 6.92 Å². The van der Waals surface area contributed by atoms with E-state index in [2.05, 4.69) is 5.32 Å². The Balaban J connectivity index is 3.13. The van der Waals surface area contributed by atoms with Crippen LogP contribution in [0, 0.1) is 0 Å². The van der Waals surface area contributed by atoms with E-state index in [1.54, 1.807) is 6.07 Å². The summed E-state index contributed by atoms with van der Waals surface area (Å²) in [4.78, 5) is 0. The van der Waals surface area contributed by atoms with Gasteiger partial charge in [-0.25, -0.2) is 0 Å². The van der Waals surface area contributed by atoms with Crippen LogP contribution in [0.5, 0.6) is 0 Å². The average molecular weight is 218 g/mol. The number of halogens is 3. The van der Waals surface area contributed by atoms with Gasteiger partial charge >= 0.3 is 6.18 Å². The summed E-state index contributed by atoms with van der Waals surface area (Å²) in [5.74, 6) is 0. The van der Waals surface area contributed by atoms with Crippen LogP contribution in [0.3, 0.4) is 0 Å². The van der Waals surface area contributed by atoms with Gasteiger partial charge in [-0.15, -0.1) is 0 Å². The second kappa shape index (κ2) is 4.53. The number of rotatable bonds is 3. The van der Waals surface area contributed by atoms with E-state index in [1.165, 1.54) is 6.07 Å². The highest BCUT2D eigenvalue weighted by Gasteiger charge is 2.33. The predicted octanol–water partition coefficient (Wildman–Crippen LogP) is 2.60. The van der Waals surface area contributed by atoms with Crippen LogP contribution in [0.2, 0.25) is 0 Å². The quantitative estimate of drug-likeness (QED) is 0.818. The standard InChI is InChI=1S/C10H13F3N2/c1-2-15-8-4-3-7(6-14)9(5-8)10(11,12)13/h3-5,15H,2,6,14H2,1H3. The van der Waals surface area contributed by atoms with Crippen LogP contribution in [0.15, 0.2) is 18.2 Å². The molecule has 3 N–H and O–H groups in total. The summed E-state index contributed by atoms with van der Waals surface area (Å²) in [5.41, 5.74) is 5.16. The Morgan fingerprint density at radius 3 is 2.47 bits per heavy atom. The molecule has 2 nitrogen and oxygen atoms in total. The highest BCUT2D eigenvalue weighted by molar-refractivity contribution is 5.49. The van der Waals surface area contributed by atoms with E-state index < -0.39 is 11.7 Å². The molecular formula is C10H13F3N2. The fourth-order valence-electron chi connectivity index (χ4n) is 1.33. The minimum absolute atomic E-state index is 0.110. The van der Waals surface area contributed by atoms with Crippen molar-refractivity contribution in [3.63, 3.8) is 0 Å². The number of anilines is 1.